The van der Waals surface area contributed by atoms with Gasteiger partial charge in [0.25, 0.3) is 18.2 Å². The number of allylic oxidation sites excluding steroid dienone is 3. The number of rotatable bonds is 5. The fourth-order valence-corrected chi connectivity index (χ4v) is 1.64. The molecule has 0 unspecified atom stereocenters. The van der Waals surface area contributed by atoms with Crippen LogP contribution in [0.15, 0.2) is 44.8 Å². The van der Waals surface area contributed by atoms with Gasteiger partial charge in [0.05, 0.1) is 18.8 Å². The summed E-state index contributed by atoms with van der Waals surface area (Å²) < 4.78 is 73.8. The Hall–Kier alpha value is -2.79. The molecular formula is C12H9F6N3O3. The highest BCUT2D eigenvalue weighted by Crippen LogP contribution is 2.08. The lowest BCUT2D eigenvalue weighted by Gasteiger charge is -2.11. The van der Waals surface area contributed by atoms with E-state index in [1.807, 2.05) is 0 Å². The Morgan fingerprint density at radius 2 is 1.17 bits per heavy atom. The van der Waals surface area contributed by atoms with Gasteiger partial charge in [-0.05, 0) is 6.92 Å². The molecule has 0 aliphatic carbocycles. The SMILES string of the molecule is CC(=C(F)F)n1c(=O)n(CC=C(F)F)c(=O)n(CC=C(F)F)c1=O. The average molecular weight is 357 g/mol. The third-order valence-electron chi connectivity index (χ3n) is 2.77. The lowest BCUT2D eigenvalue weighted by atomic mass is 10.5. The van der Waals surface area contributed by atoms with Crippen molar-refractivity contribution in [2.75, 3.05) is 0 Å². The molecule has 24 heavy (non-hydrogen) atoms. The maximum atomic E-state index is 12.7. The van der Waals surface area contributed by atoms with Gasteiger partial charge in [-0.25, -0.2) is 28.1 Å². The minimum Gasteiger partial charge on any atom is -0.247 e. The molecule has 0 aliphatic heterocycles. The third-order valence-corrected chi connectivity index (χ3v) is 2.77. The molecule has 1 rings (SSSR count). The molecule has 0 aromatic carbocycles. The second-order valence-electron chi connectivity index (χ2n) is 4.24. The smallest absolute Gasteiger partial charge is 0.247 e. The van der Waals surface area contributed by atoms with E-state index >= 15 is 0 Å². The van der Waals surface area contributed by atoms with Crippen molar-refractivity contribution in [1.29, 1.82) is 0 Å². The molecule has 0 fully saturated rings. The molecule has 12 heteroatoms. The summed E-state index contributed by atoms with van der Waals surface area (Å²) in [6.07, 6.45) is -6.75. The van der Waals surface area contributed by atoms with Crippen LogP contribution in [0.1, 0.15) is 6.92 Å². The first-order chi connectivity index (χ1) is 11.1. The largest absolute Gasteiger partial charge is 0.341 e. The lowest BCUT2D eigenvalue weighted by Crippen LogP contribution is -2.54. The highest BCUT2D eigenvalue weighted by atomic mass is 19.3. The van der Waals surface area contributed by atoms with Gasteiger partial charge in [0.1, 0.15) is 0 Å². The third kappa shape index (κ3) is 4.14. The van der Waals surface area contributed by atoms with Crippen LogP contribution >= 0.6 is 0 Å². The summed E-state index contributed by atoms with van der Waals surface area (Å²) in [6.45, 7) is -1.42. The predicted molar refractivity (Wildman–Crippen MR) is 70.9 cm³/mol. The zero-order valence-electron chi connectivity index (χ0n) is 11.9. The Morgan fingerprint density at radius 3 is 1.46 bits per heavy atom. The van der Waals surface area contributed by atoms with Crippen molar-refractivity contribution in [3.05, 3.63) is 61.8 Å². The van der Waals surface area contributed by atoms with Crippen molar-refractivity contribution in [2.45, 2.75) is 20.0 Å². The standard InChI is InChI=1S/C12H9F6N3O3/c1-6(9(17)18)21-11(23)19(4-2-7(13)14)10(22)20(12(21)24)5-3-8(15)16/h2-3H,4-5H2,1H3. The van der Waals surface area contributed by atoms with E-state index in [9.17, 15) is 40.7 Å². The van der Waals surface area contributed by atoms with Crippen LogP contribution in [0, 0.1) is 0 Å². The zero-order valence-corrected chi connectivity index (χ0v) is 11.9. The second kappa shape index (κ2) is 7.66. The van der Waals surface area contributed by atoms with E-state index in [1.165, 1.54) is 0 Å². The molecule has 1 aromatic rings. The number of nitrogens with zero attached hydrogens (tertiary/aromatic N) is 3. The first kappa shape index (κ1) is 19.3. The summed E-state index contributed by atoms with van der Waals surface area (Å²) in [5, 5.41) is 0. The number of hydrogen-bond donors (Lipinski definition) is 0. The van der Waals surface area contributed by atoms with E-state index in [4.69, 9.17) is 0 Å². The summed E-state index contributed by atoms with van der Waals surface area (Å²) in [6, 6.07) is 0. The van der Waals surface area contributed by atoms with Crippen molar-refractivity contribution in [1.82, 2.24) is 13.7 Å². The Bertz CT molecular complexity index is 836. The van der Waals surface area contributed by atoms with Crippen LogP contribution in [-0.2, 0) is 13.1 Å². The van der Waals surface area contributed by atoms with Crippen LogP contribution in [0.5, 0.6) is 0 Å². The van der Waals surface area contributed by atoms with E-state index in [1.54, 1.807) is 0 Å². The monoisotopic (exact) mass is 357 g/mol. The van der Waals surface area contributed by atoms with E-state index in [-0.39, 0.29) is 25.9 Å². The Labute approximate surface area is 128 Å². The van der Waals surface area contributed by atoms with E-state index in [2.05, 4.69) is 0 Å². The maximum absolute atomic E-state index is 12.7. The van der Waals surface area contributed by atoms with Crippen LogP contribution in [0.25, 0.3) is 5.70 Å². The lowest BCUT2D eigenvalue weighted by molar-refractivity contribution is 0.405. The molecule has 0 radical (unpaired) electrons. The maximum Gasteiger partial charge on any atom is 0.341 e. The quantitative estimate of drug-likeness (QED) is 0.755. The van der Waals surface area contributed by atoms with Crippen molar-refractivity contribution in [3.63, 3.8) is 0 Å². The van der Waals surface area contributed by atoms with Crippen molar-refractivity contribution >= 4 is 5.70 Å². The normalized spacial score (nSPS) is 10.3. The molecular weight excluding hydrogens is 348 g/mol. The predicted octanol–water partition coefficient (Wildman–Crippen LogP) is 1.82. The van der Waals surface area contributed by atoms with Crippen molar-refractivity contribution < 1.29 is 26.3 Å². The molecule has 6 nitrogen and oxygen atoms in total. The minimum absolute atomic E-state index is 0.0387. The summed E-state index contributed by atoms with van der Waals surface area (Å²) in [7, 11) is 0. The van der Waals surface area contributed by atoms with E-state index in [0.29, 0.717) is 6.92 Å². The molecule has 1 aromatic heterocycles. The van der Waals surface area contributed by atoms with Gasteiger partial charge in [0, 0.05) is 12.2 Å². The van der Waals surface area contributed by atoms with Crippen LogP contribution < -0.4 is 17.1 Å². The van der Waals surface area contributed by atoms with Gasteiger partial charge >= 0.3 is 17.1 Å². The molecule has 0 spiro atoms. The molecule has 0 saturated carbocycles. The highest BCUT2D eigenvalue weighted by molar-refractivity contribution is 5.41. The van der Waals surface area contributed by atoms with Crippen molar-refractivity contribution in [2.24, 2.45) is 0 Å². The van der Waals surface area contributed by atoms with E-state index in [0.717, 1.165) is 0 Å². The molecule has 1 heterocycles. The molecule has 0 bridgehead atoms. The first-order valence-corrected chi connectivity index (χ1v) is 6.09. The second-order valence-corrected chi connectivity index (χ2v) is 4.24. The highest BCUT2D eigenvalue weighted by Gasteiger charge is 2.18. The molecule has 0 N–H and O–H groups in total. The summed E-state index contributed by atoms with van der Waals surface area (Å²) >= 11 is 0. The topological polar surface area (TPSA) is 66.0 Å². The van der Waals surface area contributed by atoms with Gasteiger partial charge in [-0.2, -0.15) is 26.3 Å². The van der Waals surface area contributed by atoms with Gasteiger partial charge in [0.15, 0.2) is 0 Å². The summed E-state index contributed by atoms with van der Waals surface area (Å²) in [4.78, 5) is 35.9. The van der Waals surface area contributed by atoms with Gasteiger partial charge < -0.3 is 0 Å². The number of halogens is 6. The van der Waals surface area contributed by atoms with Gasteiger partial charge in [-0.3, -0.25) is 0 Å². The fourth-order valence-electron chi connectivity index (χ4n) is 1.64. The first-order valence-electron chi connectivity index (χ1n) is 6.09. The number of aromatic nitrogens is 3. The van der Waals surface area contributed by atoms with E-state index < -0.39 is 54.1 Å². The molecule has 0 amide bonds. The summed E-state index contributed by atoms with van der Waals surface area (Å²) in [5.74, 6) is 0. The van der Waals surface area contributed by atoms with Gasteiger partial charge in [0.2, 0.25) is 0 Å². The van der Waals surface area contributed by atoms with Crippen LogP contribution in [0.3, 0.4) is 0 Å². The van der Waals surface area contributed by atoms with Crippen molar-refractivity contribution in [3.8, 4) is 0 Å². The minimum atomic E-state index is -2.45. The Balaban J connectivity index is 3.85. The van der Waals surface area contributed by atoms with Crippen LogP contribution in [-0.4, -0.2) is 13.7 Å². The molecule has 0 saturated heterocycles. The average Bonchev–Trinajstić information content (AvgIpc) is 2.45. The molecule has 0 aliphatic rings. The van der Waals surface area contributed by atoms with Gasteiger partial charge in [-0.1, -0.05) is 0 Å². The zero-order chi connectivity index (χ0) is 18.6. The number of hydrogen-bond acceptors (Lipinski definition) is 3. The van der Waals surface area contributed by atoms with Crippen LogP contribution in [0.2, 0.25) is 0 Å². The van der Waals surface area contributed by atoms with Crippen LogP contribution in [0.4, 0.5) is 26.3 Å². The summed E-state index contributed by atoms with van der Waals surface area (Å²) in [5.41, 5.74) is -5.87. The Kier molecular flexibility index (Phi) is 6.14. The molecule has 0 atom stereocenters. The van der Waals surface area contributed by atoms with Gasteiger partial charge in [-0.15, -0.1) is 0 Å². The fraction of sp³-hybridized carbons (Fsp3) is 0.250. The Morgan fingerprint density at radius 1 is 0.792 bits per heavy atom. The molecule has 132 valence electrons.